The van der Waals surface area contributed by atoms with Gasteiger partial charge in [0.05, 0.1) is 0 Å². The van der Waals surface area contributed by atoms with Gasteiger partial charge >= 0.3 is 0 Å². The SMILES string of the molecule is Fc1ccc(N2CN=C(Cl)N=C2Cl)cc1. The fourth-order valence-corrected chi connectivity index (χ4v) is 1.58. The maximum Gasteiger partial charge on any atom is 0.222 e. The third-order valence-electron chi connectivity index (χ3n) is 1.89. The summed E-state index contributed by atoms with van der Waals surface area (Å²) in [6, 6.07) is 5.89. The average Bonchev–Trinajstić information content (AvgIpc) is 2.20. The number of hydrogen-bond donors (Lipinski definition) is 0. The first kappa shape index (κ1) is 10.4. The lowest BCUT2D eigenvalue weighted by molar-refractivity contribution is 0.628. The Morgan fingerprint density at radius 1 is 1.20 bits per heavy atom. The van der Waals surface area contributed by atoms with Gasteiger partial charge in [-0.3, -0.25) is 4.90 Å². The molecular weight excluding hydrogens is 240 g/mol. The number of rotatable bonds is 1. The third-order valence-corrected chi connectivity index (χ3v) is 2.38. The van der Waals surface area contributed by atoms with Crippen molar-refractivity contribution >= 4 is 39.5 Å². The number of nitrogens with zero attached hydrogens (tertiary/aromatic N) is 3. The van der Waals surface area contributed by atoms with Gasteiger partial charge in [-0.25, -0.2) is 9.38 Å². The standard InChI is InChI=1S/C9H6Cl2FN3/c10-8-13-5-15(9(11)14-8)7-3-1-6(12)2-4-7/h1-4H,5H2. The van der Waals surface area contributed by atoms with Crippen molar-refractivity contribution in [3.63, 3.8) is 0 Å². The molecule has 0 atom stereocenters. The first-order chi connectivity index (χ1) is 7.16. The van der Waals surface area contributed by atoms with Crippen molar-refractivity contribution in [1.29, 1.82) is 0 Å². The van der Waals surface area contributed by atoms with E-state index >= 15 is 0 Å². The Kier molecular flexibility index (Phi) is 2.88. The van der Waals surface area contributed by atoms with Gasteiger partial charge in [0.25, 0.3) is 0 Å². The van der Waals surface area contributed by atoms with Gasteiger partial charge in [0.15, 0.2) is 0 Å². The third kappa shape index (κ3) is 2.27. The summed E-state index contributed by atoms with van der Waals surface area (Å²) in [6.07, 6.45) is 0. The van der Waals surface area contributed by atoms with Crippen molar-refractivity contribution < 1.29 is 4.39 Å². The second kappa shape index (κ2) is 4.16. The minimum absolute atomic E-state index is 0.123. The number of benzene rings is 1. The van der Waals surface area contributed by atoms with E-state index in [1.165, 1.54) is 12.1 Å². The summed E-state index contributed by atoms with van der Waals surface area (Å²) >= 11 is 11.4. The molecule has 1 heterocycles. The van der Waals surface area contributed by atoms with Crippen molar-refractivity contribution in [3.05, 3.63) is 30.1 Å². The maximum atomic E-state index is 12.7. The molecule has 78 valence electrons. The number of hydrogen-bond acceptors (Lipinski definition) is 3. The molecule has 0 spiro atoms. The van der Waals surface area contributed by atoms with Crippen LogP contribution in [-0.4, -0.2) is 17.3 Å². The summed E-state index contributed by atoms with van der Waals surface area (Å²) in [5.74, 6) is -0.301. The van der Waals surface area contributed by atoms with Gasteiger partial charge in [0.2, 0.25) is 10.6 Å². The van der Waals surface area contributed by atoms with Crippen LogP contribution in [0.15, 0.2) is 34.3 Å². The van der Waals surface area contributed by atoms with E-state index in [9.17, 15) is 4.39 Å². The molecule has 1 aliphatic heterocycles. The van der Waals surface area contributed by atoms with E-state index in [1.807, 2.05) is 0 Å². The molecule has 0 unspecified atom stereocenters. The molecule has 0 N–H and O–H groups in total. The molecule has 0 saturated heterocycles. The summed E-state index contributed by atoms with van der Waals surface area (Å²) < 4.78 is 12.7. The van der Waals surface area contributed by atoms with Crippen molar-refractivity contribution in [3.8, 4) is 0 Å². The highest BCUT2D eigenvalue weighted by atomic mass is 35.5. The molecule has 3 nitrogen and oxygen atoms in total. The molecule has 2 rings (SSSR count). The molecule has 0 bridgehead atoms. The molecule has 6 heteroatoms. The lowest BCUT2D eigenvalue weighted by atomic mass is 10.3. The van der Waals surface area contributed by atoms with Gasteiger partial charge in [0.1, 0.15) is 12.5 Å². The van der Waals surface area contributed by atoms with Gasteiger partial charge < -0.3 is 0 Å². The van der Waals surface area contributed by atoms with E-state index in [0.29, 0.717) is 0 Å². The lowest BCUT2D eigenvalue weighted by Gasteiger charge is -2.22. The average molecular weight is 246 g/mol. The van der Waals surface area contributed by atoms with E-state index in [2.05, 4.69) is 9.98 Å². The zero-order valence-corrected chi connectivity index (χ0v) is 9.00. The first-order valence-corrected chi connectivity index (χ1v) is 4.89. The van der Waals surface area contributed by atoms with Crippen LogP contribution in [0.5, 0.6) is 0 Å². The summed E-state index contributed by atoms with van der Waals surface area (Å²) in [5, 5.41) is 0.347. The largest absolute Gasteiger partial charge is 0.296 e. The van der Waals surface area contributed by atoms with Gasteiger partial charge in [-0.05, 0) is 47.5 Å². The summed E-state index contributed by atoms with van der Waals surface area (Å²) in [7, 11) is 0. The van der Waals surface area contributed by atoms with E-state index in [-0.39, 0.29) is 23.1 Å². The van der Waals surface area contributed by atoms with Crippen LogP contribution >= 0.6 is 23.2 Å². The Morgan fingerprint density at radius 2 is 1.87 bits per heavy atom. The molecule has 0 radical (unpaired) electrons. The quantitative estimate of drug-likeness (QED) is 0.700. The highest BCUT2D eigenvalue weighted by Gasteiger charge is 2.15. The summed E-state index contributed by atoms with van der Waals surface area (Å²) in [4.78, 5) is 9.31. The fourth-order valence-electron chi connectivity index (χ4n) is 1.17. The smallest absolute Gasteiger partial charge is 0.222 e. The topological polar surface area (TPSA) is 28.0 Å². The van der Waals surface area contributed by atoms with Crippen molar-refractivity contribution in [2.45, 2.75) is 0 Å². The van der Waals surface area contributed by atoms with Crippen LogP contribution < -0.4 is 4.90 Å². The predicted octanol–water partition coefficient (Wildman–Crippen LogP) is 2.79. The van der Waals surface area contributed by atoms with Gasteiger partial charge in [0, 0.05) is 5.69 Å². The fraction of sp³-hybridized carbons (Fsp3) is 0.111. The monoisotopic (exact) mass is 245 g/mol. The molecule has 0 aliphatic carbocycles. The van der Waals surface area contributed by atoms with Crippen LogP contribution in [0.3, 0.4) is 0 Å². The van der Waals surface area contributed by atoms with Crippen LogP contribution in [0.25, 0.3) is 0 Å². The van der Waals surface area contributed by atoms with Crippen molar-refractivity contribution in [2.24, 2.45) is 9.98 Å². The Balaban J connectivity index is 2.27. The molecule has 0 fully saturated rings. The number of anilines is 1. The summed E-state index contributed by atoms with van der Waals surface area (Å²) in [6.45, 7) is 0.285. The minimum atomic E-state index is -0.301. The van der Waals surface area contributed by atoms with Crippen molar-refractivity contribution in [1.82, 2.24) is 0 Å². The van der Waals surface area contributed by atoms with Crippen LogP contribution in [0.4, 0.5) is 10.1 Å². The predicted molar refractivity (Wildman–Crippen MR) is 60.3 cm³/mol. The Bertz CT molecular complexity index is 427. The summed E-state index contributed by atoms with van der Waals surface area (Å²) in [5.41, 5.74) is 0.720. The van der Waals surface area contributed by atoms with Crippen LogP contribution in [-0.2, 0) is 0 Å². The number of halogens is 3. The molecule has 1 aliphatic rings. The van der Waals surface area contributed by atoms with Crippen LogP contribution in [0, 0.1) is 5.82 Å². The molecule has 0 saturated carbocycles. The molecule has 1 aromatic carbocycles. The molecular formula is C9H6Cl2FN3. The normalized spacial score (nSPS) is 16.1. The van der Waals surface area contributed by atoms with Crippen LogP contribution in [0.2, 0.25) is 0 Å². The van der Waals surface area contributed by atoms with Crippen LogP contribution in [0.1, 0.15) is 0 Å². The van der Waals surface area contributed by atoms with E-state index in [4.69, 9.17) is 23.2 Å². The Labute approximate surface area is 95.8 Å². The van der Waals surface area contributed by atoms with Gasteiger partial charge in [-0.1, -0.05) is 0 Å². The second-order valence-corrected chi connectivity index (χ2v) is 3.53. The highest BCUT2D eigenvalue weighted by Crippen LogP contribution is 2.19. The lowest BCUT2D eigenvalue weighted by Crippen LogP contribution is -2.30. The maximum absolute atomic E-state index is 12.7. The molecule has 0 aromatic heterocycles. The first-order valence-electron chi connectivity index (χ1n) is 4.14. The van der Waals surface area contributed by atoms with E-state index < -0.39 is 0 Å². The number of aliphatic imine (C=N–C) groups is 2. The molecule has 0 amide bonds. The highest BCUT2D eigenvalue weighted by molar-refractivity contribution is 6.73. The van der Waals surface area contributed by atoms with E-state index in [0.717, 1.165) is 5.69 Å². The number of amidine groups is 2. The van der Waals surface area contributed by atoms with Gasteiger partial charge in [-0.2, -0.15) is 4.99 Å². The zero-order valence-electron chi connectivity index (χ0n) is 7.49. The van der Waals surface area contributed by atoms with E-state index in [1.54, 1.807) is 17.0 Å². The zero-order chi connectivity index (χ0) is 10.8. The Morgan fingerprint density at radius 3 is 2.47 bits per heavy atom. The second-order valence-electron chi connectivity index (χ2n) is 2.85. The molecule has 1 aromatic rings. The van der Waals surface area contributed by atoms with Crippen molar-refractivity contribution in [2.75, 3.05) is 11.6 Å². The molecule has 15 heavy (non-hydrogen) atoms. The van der Waals surface area contributed by atoms with Gasteiger partial charge in [-0.15, -0.1) is 0 Å². The Hall–Kier alpha value is -1.13. The minimum Gasteiger partial charge on any atom is -0.296 e.